The molecule has 0 N–H and O–H groups in total. The molecule has 0 aliphatic carbocycles. The first kappa shape index (κ1) is 20.3. The van der Waals surface area contributed by atoms with Crippen molar-refractivity contribution in [3.63, 3.8) is 0 Å². The number of rotatable bonds is 6. The summed E-state index contributed by atoms with van der Waals surface area (Å²) in [6, 6.07) is 7.18. The summed E-state index contributed by atoms with van der Waals surface area (Å²) in [6.45, 7) is -0.634. The molecule has 0 atom stereocenters. The van der Waals surface area contributed by atoms with E-state index in [0.717, 1.165) is 17.5 Å². The molecule has 0 radical (unpaired) electrons. The van der Waals surface area contributed by atoms with Crippen molar-refractivity contribution in [2.45, 2.75) is 4.90 Å². The van der Waals surface area contributed by atoms with E-state index in [1.54, 1.807) is 0 Å². The van der Waals surface area contributed by atoms with E-state index in [0.29, 0.717) is 0 Å². The minimum atomic E-state index is -4.30. The molecule has 0 aromatic heterocycles. The van der Waals surface area contributed by atoms with E-state index in [-0.39, 0.29) is 26.4 Å². The van der Waals surface area contributed by atoms with Crippen LogP contribution in [0.3, 0.4) is 0 Å². The van der Waals surface area contributed by atoms with Crippen LogP contribution in [0.1, 0.15) is 0 Å². The van der Waals surface area contributed by atoms with Crippen molar-refractivity contribution in [2.24, 2.45) is 0 Å². The minimum absolute atomic E-state index is 0.0704. The van der Waals surface area contributed by atoms with Gasteiger partial charge in [-0.25, -0.2) is 12.8 Å². The highest BCUT2D eigenvalue weighted by atomic mass is 35.5. The number of methoxy groups -OCH3 is 2. The summed E-state index contributed by atoms with van der Waals surface area (Å²) >= 11 is 11.8. The van der Waals surface area contributed by atoms with Crippen LogP contribution in [0.4, 0.5) is 10.1 Å². The Morgan fingerprint density at radius 3 is 2.35 bits per heavy atom. The molecule has 10 heteroatoms. The van der Waals surface area contributed by atoms with E-state index in [9.17, 15) is 17.6 Å². The smallest absolute Gasteiger partial charge is 0.326 e. The third-order valence-corrected chi connectivity index (χ3v) is 5.91. The van der Waals surface area contributed by atoms with Crippen LogP contribution in [0.25, 0.3) is 0 Å². The molecule has 0 aliphatic heterocycles. The lowest BCUT2D eigenvalue weighted by Crippen LogP contribution is -2.36. The molecule has 0 heterocycles. The van der Waals surface area contributed by atoms with Crippen molar-refractivity contribution in [1.82, 2.24) is 0 Å². The molecule has 0 spiro atoms. The molecule has 2 aromatic rings. The van der Waals surface area contributed by atoms with Crippen LogP contribution in [0, 0.1) is 5.82 Å². The van der Waals surface area contributed by atoms with Gasteiger partial charge in [-0.2, -0.15) is 0 Å². The number of sulfonamides is 1. The third kappa shape index (κ3) is 4.20. The van der Waals surface area contributed by atoms with Crippen LogP contribution in [-0.2, 0) is 19.6 Å². The maximum atomic E-state index is 14.0. The Balaban J connectivity index is 2.57. The maximum Gasteiger partial charge on any atom is 0.326 e. The quantitative estimate of drug-likeness (QED) is 0.667. The Morgan fingerprint density at radius 1 is 1.12 bits per heavy atom. The average Bonchev–Trinajstić information content (AvgIpc) is 2.61. The molecule has 0 saturated carbocycles. The van der Waals surface area contributed by atoms with E-state index in [2.05, 4.69) is 4.74 Å². The number of anilines is 1. The Labute approximate surface area is 160 Å². The van der Waals surface area contributed by atoms with Crippen LogP contribution in [0.5, 0.6) is 5.75 Å². The first-order valence-electron chi connectivity index (χ1n) is 7.09. The molecule has 0 fully saturated rings. The van der Waals surface area contributed by atoms with Gasteiger partial charge in [0.2, 0.25) is 0 Å². The molecule has 0 aliphatic rings. The minimum Gasteiger partial charge on any atom is -0.494 e. The summed E-state index contributed by atoms with van der Waals surface area (Å²) < 4.78 is 50.0. The lowest BCUT2D eigenvalue weighted by molar-refractivity contribution is -0.138. The molecule has 2 aromatic carbocycles. The Hall–Kier alpha value is -2.03. The standard InChI is InChI=1S/C16H14Cl2FNO5S/c1-24-15-6-4-11(8-14(15)19)26(22,23)20(9-16(21)25-2)10-3-5-12(17)13(18)7-10/h3-8H,9H2,1-2H3. The summed E-state index contributed by atoms with van der Waals surface area (Å²) in [5.74, 6) is -1.78. The number of halogens is 3. The maximum absolute atomic E-state index is 14.0. The van der Waals surface area contributed by atoms with Crippen molar-refractivity contribution in [3.8, 4) is 5.75 Å². The van der Waals surface area contributed by atoms with Gasteiger partial charge in [0.15, 0.2) is 11.6 Å². The first-order valence-corrected chi connectivity index (χ1v) is 9.28. The third-order valence-electron chi connectivity index (χ3n) is 3.40. The first-order chi connectivity index (χ1) is 12.2. The largest absolute Gasteiger partial charge is 0.494 e. The molecule has 26 heavy (non-hydrogen) atoms. The fourth-order valence-corrected chi connectivity index (χ4v) is 3.78. The van der Waals surface area contributed by atoms with E-state index < -0.39 is 28.4 Å². The van der Waals surface area contributed by atoms with Crippen molar-refractivity contribution >= 4 is 44.9 Å². The van der Waals surface area contributed by atoms with Crippen molar-refractivity contribution in [3.05, 3.63) is 52.3 Å². The van der Waals surface area contributed by atoms with Crippen LogP contribution in [-0.4, -0.2) is 35.2 Å². The van der Waals surface area contributed by atoms with Crippen LogP contribution < -0.4 is 9.04 Å². The number of esters is 1. The van der Waals surface area contributed by atoms with Gasteiger partial charge in [0.05, 0.1) is 34.8 Å². The Morgan fingerprint density at radius 2 is 1.81 bits per heavy atom. The number of carbonyl (C=O) groups excluding carboxylic acids is 1. The van der Waals surface area contributed by atoms with Crippen LogP contribution in [0.15, 0.2) is 41.3 Å². The second kappa shape index (κ2) is 8.11. The SMILES string of the molecule is COC(=O)CN(c1ccc(Cl)c(Cl)c1)S(=O)(=O)c1ccc(OC)c(F)c1. The number of carbonyl (C=O) groups is 1. The summed E-state index contributed by atoms with van der Waals surface area (Å²) in [4.78, 5) is 11.3. The summed E-state index contributed by atoms with van der Waals surface area (Å²) in [5.41, 5.74) is 0.0704. The summed E-state index contributed by atoms with van der Waals surface area (Å²) in [6.07, 6.45) is 0. The van der Waals surface area contributed by atoms with Crippen molar-refractivity contribution < 1.29 is 27.1 Å². The zero-order valence-corrected chi connectivity index (χ0v) is 16.0. The van der Waals surface area contributed by atoms with Gasteiger partial charge >= 0.3 is 5.97 Å². The number of ether oxygens (including phenoxy) is 2. The fraction of sp³-hybridized carbons (Fsp3) is 0.188. The van der Waals surface area contributed by atoms with E-state index in [1.165, 1.54) is 37.4 Å². The summed E-state index contributed by atoms with van der Waals surface area (Å²) in [5, 5.41) is 0.302. The molecular weight excluding hydrogens is 408 g/mol. The van der Waals surface area contributed by atoms with Gasteiger partial charge in [-0.15, -0.1) is 0 Å². The Bertz CT molecular complexity index is 936. The molecule has 0 saturated heterocycles. The zero-order valence-electron chi connectivity index (χ0n) is 13.7. The Kier molecular flexibility index (Phi) is 6.33. The van der Waals surface area contributed by atoms with Gasteiger partial charge in [-0.3, -0.25) is 9.10 Å². The van der Waals surface area contributed by atoms with Crippen LogP contribution >= 0.6 is 23.2 Å². The monoisotopic (exact) mass is 421 g/mol. The van der Waals surface area contributed by atoms with Crippen molar-refractivity contribution in [2.75, 3.05) is 25.1 Å². The number of nitrogens with zero attached hydrogens (tertiary/aromatic N) is 1. The van der Waals surface area contributed by atoms with E-state index in [4.69, 9.17) is 27.9 Å². The second-order valence-corrected chi connectivity index (χ2v) is 7.66. The molecule has 0 unspecified atom stereocenters. The molecule has 6 nitrogen and oxygen atoms in total. The fourth-order valence-electron chi connectivity index (χ4n) is 2.07. The number of hydrogen-bond donors (Lipinski definition) is 0. The lowest BCUT2D eigenvalue weighted by atomic mass is 10.3. The van der Waals surface area contributed by atoms with Crippen LogP contribution in [0.2, 0.25) is 10.0 Å². The molecular formula is C16H14Cl2FNO5S. The van der Waals surface area contributed by atoms with Gasteiger partial charge in [0.25, 0.3) is 10.0 Å². The molecule has 0 bridgehead atoms. The zero-order chi connectivity index (χ0) is 19.5. The molecule has 0 amide bonds. The predicted octanol–water partition coefficient (Wildman–Crippen LogP) is 3.51. The van der Waals surface area contributed by atoms with E-state index in [1.807, 2.05) is 0 Å². The second-order valence-electron chi connectivity index (χ2n) is 4.98. The highest BCUT2D eigenvalue weighted by molar-refractivity contribution is 7.92. The van der Waals surface area contributed by atoms with Gasteiger partial charge < -0.3 is 9.47 Å². The number of hydrogen-bond acceptors (Lipinski definition) is 5. The lowest BCUT2D eigenvalue weighted by Gasteiger charge is -2.24. The van der Waals surface area contributed by atoms with Crippen molar-refractivity contribution in [1.29, 1.82) is 0 Å². The number of benzene rings is 2. The van der Waals surface area contributed by atoms with Gasteiger partial charge in [0, 0.05) is 0 Å². The molecule has 2 rings (SSSR count). The molecule has 140 valence electrons. The van der Waals surface area contributed by atoms with Gasteiger partial charge in [-0.1, -0.05) is 23.2 Å². The summed E-state index contributed by atoms with van der Waals surface area (Å²) in [7, 11) is -1.93. The normalized spacial score (nSPS) is 11.1. The van der Waals surface area contributed by atoms with Gasteiger partial charge in [-0.05, 0) is 36.4 Å². The average molecular weight is 422 g/mol. The highest BCUT2D eigenvalue weighted by Crippen LogP contribution is 2.31. The van der Waals surface area contributed by atoms with E-state index >= 15 is 0 Å². The van der Waals surface area contributed by atoms with Gasteiger partial charge in [0.1, 0.15) is 6.54 Å². The topological polar surface area (TPSA) is 72.9 Å². The predicted molar refractivity (Wildman–Crippen MR) is 96.0 cm³/mol. The highest BCUT2D eigenvalue weighted by Gasteiger charge is 2.29.